The van der Waals surface area contributed by atoms with Gasteiger partial charge in [0.25, 0.3) is 0 Å². The summed E-state index contributed by atoms with van der Waals surface area (Å²) in [5.41, 5.74) is 3.36. The second-order valence-corrected chi connectivity index (χ2v) is 13.9. The average Bonchev–Trinajstić information content (AvgIpc) is 3.39. The summed E-state index contributed by atoms with van der Waals surface area (Å²) in [7, 11) is 1.87. The number of carbonyl (C=O) groups excluding carboxylic acids is 2. The number of anilines is 1. The van der Waals surface area contributed by atoms with E-state index in [1.165, 1.54) is 0 Å². The van der Waals surface area contributed by atoms with E-state index >= 15 is 0 Å². The Bertz CT molecular complexity index is 1790. The van der Waals surface area contributed by atoms with Crippen LogP contribution in [-0.4, -0.2) is 72.3 Å². The van der Waals surface area contributed by atoms with Crippen LogP contribution < -0.4 is 4.90 Å². The number of aryl methyl sites for hydroxylation is 1. The van der Waals surface area contributed by atoms with E-state index in [4.69, 9.17) is 14.5 Å². The van der Waals surface area contributed by atoms with Crippen molar-refractivity contribution in [2.24, 2.45) is 24.8 Å². The number of carbonyl (C=O) groups is 2. The second-order valence-electron chi connectivity index (χ2n) is 13.9. The van der Waals surface area contributed by atoms with Gasteiger partial charge in [0, 0.05) is 72.4 Å². The Kier molecular flexibility index (Phi) is 7.30. The van der Waals surface area contributed by atoms with Gasteiger partial charge in [-0.2, -0.15) is 15.5 Å². The molecule has 0 radical (unpaired) electrons. The van der Waals surface area contributed by atoms with Gasteiger partial charge in [0.05, 0.1) is 30.1 Å². The highest BCUT2D eigenvalue weighted by Gasteiger charge is 2.56. The van der Waals surface area contributed by atoms with Gasteiger partial charge in [0.15, 0.2) is 0 Å². The molecule has 12 nitrogen and oxygen atoms in total. The number of piperidine rings is 1. The number of rotatable bonds is 5. The van der Waals surface area contributed by atoms with Crippen molar-refractivity contribution in [2.75, 3.05) is 24.6 Å². The predicted molar refractivity (Wildman–Crippen MR) is 167 cm³/mol. The largest absolute Gasteiger partial charge is 0.449 e. The first kappa shape index (κ1) is 30.1. The lowest BCUT2D eigenvalue weighted by atomic mass is 10.0. The van der Waals surface area contributed by atoms with E-state index < -0.39 is 23.3 Å². The molecular weight excluding hydrogens is 572 g/mol. The molecule has 4 aromatic rings. The Morgan fingerprint density at radius 1 is 0.978 bits per heavy atom. The summed E-state index contributed by atoms with van der Waals surface area (Å²) < 4.78 is 14.6. The number of ether oxygens (including phenoxy) is 2. The minimum absolute atomic E-state index is 0.250. The van der Waals surface area contributed by atoms with Crippen molar-refractivity contribution in [1.29, 1.82) is 5.26 Å². The fraction of sp³-hybridized carbons (Fsp3) is 0.455. The predicted octanol–water partition coefficient (Wildman–Crippen LogP) is 5.52. The number of nitriles is 1. The van der Waals surface area contributed by atoms with Crippen LogP contribution in [0.2, 0.25) is 0 Å². The van der Waals surface area contributed by atoms with Crippen LogP contribution in [0.3, 0.4) is 0 Å². The van der Waals surface area contributed by atoms with Gasteiger partial charge in [-0.15, -0.1) is 0 Å². The molecule has 0 N–H and O–H groups in total. The first-order chi connectivity index (χ1) is 21.2. The molecule has 234 valence electrons. The molecule has 6 rings (SSSR count). The molecule has 2 amide bonds. The Labute approximate surface area is 262 Å². The topological polar surface area (TPSA) is 131 Å². The van der Waals surface area contributed by atoms with Crippen LogP contribution in [0.25, 0.3) is 27.8 Å². The van der Waals surface area contributed by atoms with Crippen molar-refractivity contribution in [2.45, 2.75) is 52.7 Å². The first-order valence-electron chi connectivity index (χ1n) is 15.1. The Morgan fingerprint density at radius 3 is 2.29 bits per heavy atom. The SMILES string of the molecule is Cn1cc(-c2cc(-c3ccc(N4CC5C(COC(=O)N(C(=O)OC(C)(C)C)C(C)(C)C)C5C4)nc3)c3c(C#N)cnn3c2)cn1. The third kappa shape index (κ3) is 5.94. The van der Waals surface area contributed by atoms with E-state index in [2.05, 4.69) is 21.2 Å². The van der Waals surface area contributed by atoms with Crippen molar-refractivity contribution in [1.82, 2.24) is 29.3 Å². The third-order valence-corrected chi connectivity index (χ3v) is 8.35. The van der Waals surface area contributed by atoms with Gasteiger partial charge in [-0.1, -0.05) is 0 Å². The van der Waals surface area contributed by atoms with Crippen molar-refractivity contribution in [3.8, 4) is 28.3 Å². The van der Waals surface area contributed by atoms with Gasteiger partial charge in [-0.3, -0.25) is 4.68 Å². The number of hydrogen-bond donors (Lipinski definition) is 0. The summed E-state index contributed by atoms with van der Waals surface area (Å²) in [6.45, 7) is 12.5. The van der Waals surface area contributed by atoms with E-state index in [0.29, 0.717) is 17.4 Å². The van der Waals surface area contributed by atoms with Crippen LogP contribution in [0.5, 0.6) is 0 Å². The summed E-state index contributed by atoms with van der Waals surface area (Å²) in [5, 5.41) is 18.4. The average molecular weight is 611 g/mol. The van der Waals surface area contributed by atoms with E-state index in [0.717, 1.165) is 51.6 Å². The fourth-order valence-electron chi connectivity index (χ4n) is 6.13. The maximum absolute atomic E-state index is 13.0. The van der Waals surface area contributed by atoms with E-state index in [1.807, 2.05) is 43.8 Å². The van der Waals surface area contributed by atoms with E-state index in [1.54, 1.807) is 63.1 Å². The third-order valence-electron chi connectivity index (χ3n) is 8.35. The smallest absolute Gasteiger partial charge is 0.420 e. The molecule has 0 bridgehead atoms. The van der Waals surface area contributed by atoms with E-state index in [9.17, 15) is 14.9 Å². The van der Waals surface area contributed by atoms with Crippen molar-refractivity contribution in [3.63, 3.8) is 0 Å². The quantitative estimate of drug-likeness (QED) is 0.286. The zero-order chi connectivity index (χ0) is 32.3. The first-order valence-corrected chi connectivity index (χ1v) is 15.1. The van der Waals surface area contributed by atoms with Crippen molar-refractivity contribution in [3.05, 3.63) is 54.7 Å². The number of imide groups is 1. The Balaban J connectivity index is 1.11. The van der Waals surface area contributed by atoms with Crippen LogP contribution in [-0.2, 0) is 16.5 Å². The lowest BCUT2D eigenvalue weighted by Crippen LogP contribution is -2.51. The molecule has 2 fully saturated rings. The molecular formula is C33H38N8O4. The summed E-state index contributed by atoms with van der Waals surface area (Å²) in [6.07, 6.45) is 7.67. The zero-order valence-electron chi connectivity index (χ0n) is 26.7. The van der Waals surface area contributed by atoms with Crippen LogP contribution in [0, 0.1) is 29.1 Å². The number of fused-ring (bicyclic) bond motifs is 2. The molecule has 1 saturated carbocycles. The summed E-state index contributed by atoms with van der Waals surface area (Å²) in [4.78, 5) is 33.8. The van der Waals surface area contributed by atoms with Gasteiger partial charge < -0.3 is 14.4 Å². The zero-order valence-corrected chi connectivity index (χ0v) is 26.7. The number of pyridine rings is 2. The number of aromatic nitrogens is 5. The monoisotopic (exact) mass is 610 g/mol. The van der Waals surface area contributed by atoms with Crippen molar-refractivity contribution < 1.29 is 19.1 Å². The molecule has 12 heteroatoms. The second kappa shape index (κ2) is 10.9. The highest BCUT2D eigenvalue weighted by molar-refractivity contribution is 5.89. The fourth-order valence-corrected chi connectivity index (χ4v) is 6.13. The van der Waals surface area contributed by atoms with Crippen LogP contribution in [0.1, 0.15) is 47.1 Å². The van der Waals surface area contributed by atoms with Gasteiger partial charge in [0.2, 0.25) is 0 Å². The maximum Gasteiger partial charge on any atom is 0.420 e. The molecule has 0 aromatic carbocycles. The van der Waals surface area contributed by atoms with Gasteiger partial charge in [-0.25, -0.2) is 24.0 Å². The van der Waals surface area contributed by atoms with Crippen molar-refractivity contribution >= 4 is 23.5 Å². The molecule has 2 atom stereocenters. The molecule has 1 saturated heterocycles. The molecule has 4 aromatic heterocycles. The molecule has 45 heavy (non-hydrogen) atoms. The lowest BCUT2D eigenvalue weighted by Gasteiger charge is -2.34. The normalized spacial score (nSPS) is 19.2. The molecule has 5 heterocycles. The van der Waals surface area contributed by atoms with Crippen LogP contribution in [0.15, 0.2) is 49.2 Å². The highest BCUT2D eigenvalue weighted by atomic mass is 16.6. The Morgan fingerprint density at radius 2 is 1.71 bits per heavy atom. The minimum Gasteiger partial charge on any atom is -0.449 e. The van der Waals surface area contributed by atoms with Gasteiger partial charge >= 0.3 is 12.2 Å². The minimum atomic E-state index is -0.784. The summed E-state index contributed by atoms with van der Waals surface area (Å²) in [6, 6.07) is 8.34. The number of hydrogen-bond acceptors (Lipinski definition) is 9. The molecule has 0 spiro atoms. The van der Waals surface area contributed by atoms with Gasteiger partial charge in [-0.05, 0) is 71.6 Å². The number of amides is 2. The molecule has 2 aliphatic rings. The summed E-state index contributed by atoms with van der Waals surface area (Å²) >= 11 is 0. The number of nitrogens with zero attached hydrogens (tertiary/aromatic N) is 8. The standard InChI is InChI=1S/C33H38N8O4/c1-32(2,3)41(31(43)45-33(4,5)6)30(42)44-19-27-25-17-39(18-26(25)27)28-9-8-20(12-35-28)24-10-21(23-14-36-38(7)15-23)16-40-29(24)22(11-34)13-37-40/h8-10,12-16,25-27H,17-19H2,1-7H3. The summed E-state index contributed by atoms with van der Waals surface area (Å²) in [5.74, 6) is 1.91. The molecule has 1 aliphatic heterocycles. The van der Waals surface area contributed by atoms with Crippen LogP contribution >= 0.6 is 0 Å². The Hall–Kier alpha value is -4.92. The van der Waals surface area contributed by atoms with E-state index in [-0.39, 0.29) is 12.5 Å². The van der Waals surface area contributed by atoms with Gasteiger partial charge in [0.1, 0.15) is 17.5 Å². The maximum atomic E-state index is 13.0. The molecule has 2 unspecified atom stereocenters. The lowest BCUT2D eigenvalue weighted by molar-refractivity contribution is 0.00339. The molecule has 1 aliphatic carbocycles. The van der Waals surface area contributed by atoms with Crippen LogP contribution in [0.4, 0.5) is 15.4 Å². The highest BCUT2D eigenvalue weighted by Crippen LogP contribution is 2.52.